The van der Waals surface area contributed by atoms with Crippen LogP contribution in [0.4, 0.5) is 0 Å². The summed E-state index contributed by atoms with van der Waals surface area (Å²) in [5.41, 5.74) is 2.00. The Morgan fingerprint density at radius 2 is 1.76 bits per heavy atom. The normalized spacial score (nSPS) is 11.4. The van der Waals surface area contributed by atoms with Gasteiger partial charge in [0, 0.05) is 37.6 Å². The van der Waals surface area contributed by atoms with Gasteiger partial charge in [-0.1, -0.05) is 36.4 Å². The lowest BCUT2D eigenvalue weighted by atomic mass is 10.1. The average molecular weight is 560 g/mol. The molecule has 0 aliphatic heterocycles. The number of nitrogens with zero attached hydrogens (tertiary/aromatic N) is 3. The molecule has 0 aliphatic carbocycles. The molecule has 3 aromatic rings. The van der Waals surface area contributed by atoms with E-state index in [1.807, 2.05) is 24.3 Å². The molecule has 2 aromatic carbocycles. The molecule has 0 atom stereocenters. The van der Waals surface area contributed by atoms with Crippen molar-refractivity contribution in [2.45, 2.75) is 25.8 Å². The summed E-state index contributed by atoms with van der Waals surface area (Å²) < 4.78 is 35.9. The second-order valence-electron chi connectivity index (χ2n) is 8.85. The van der Waals surface area contributed by atoms with Gasteiger partial charge >= 0.3 is 0 Å². The number of sulfonamides is 1. The molecule has 11 heteroatoms. The van der Waals surface area contributed by atoms with Gasteiger partial charge < -0.3 is 14.4 Å². The number of hydrogen-bond acceptors (Lipinski definition) is 8. The SMILES string of the molecule is COc1ccc(CC(=O)N(CCCc2ccccc2)Cc2nc(C(=O)CS(=O)(=O)N(C)C)cs2)c(OC)c1. The van der Waals surface area contributed by atoms with E-state index in [2.05, 4.69) is 17.1 Å². The second-order valence-corrected chi connectivity index (χ2v) is 12.0. The van der Waals surface area contributed by atoms with Gasteiger partial charge in [0.2, 0.25) is 15.9 Å². The van der Waals surface area contributed by atoms with Gasteiger partial charge in [-0.15, -0.1) is 11.3 Å². The molecule has 0 radical (unpaired) electrons. The van der Waals surface area contributed by atoms with E-state index in [1.54, 1.807) is 36.6 Å². The Hall–Kier alpha value is -3.28. The minimum absolute atomic E-state index is 0.0870. The molecule has 38 heavy (non-hydrogen) atoms. The highest BCUT2D eigenvalue weighted by Gasteiger charge is 2.23. The van der Waals surface area contributed by atoms with E-state index in [9.17, 15) is 18.0 Å². The molecule has 0 spiro atoms. The van der Waals surface area contributed by atoms with Crippen molar-refractivity contribution in [3.8, 4) is 11.5 Å². The van der Waals surface area contributed by atoms with E-state index in [0.29, 0.717) is 23.1 Å². The van der Waals surface area contributed by atoms with Crippen molar-refractivity contribution in [1.82, 2.24) is 14.2 Å². The summed E-state index contributed by atoms with van der Waals surface area (Å²) in [4.78, 5) is 32.0. The molecule has 0 fully saturated rings. The fraction of sp³-hybridized carbons (Fsp3) is 0.370. The maximum absolute atomic E-state index is 13.4. The van der Waals surface area contributed by atoms with Crippen LogP contribution < -0.4 is 9.47 Å². The van der Waals surface area contributed by atoms with Gasteiger partial charge in [-0.3, -0.25) is 9.59 Å². The molecule has 9 nitrogen and oxygen atoms in total. The molecule has 0 saturated carbocycles. The standard InChI is InChI=1S/C27H33N3O6S2/c1-29(2)38(33,34)19-24(31)23-18-37-26(28-23)17-30(14-8-11-20-9-6-5-7-10-20)27(32)15-21-12-13-22(35-3)16-25(21)36-4/h5-7,9-10,12-13,16,18H,8,11,14-15,17,19H2,1-4H3. The van der Waals surface area contributed by atoms with Crippen LogP contribution in [0, 0.1) is 0 Å². The largest absolute Gasteiger partial charge is 0.497 e. The van der Waals surface area contributed by atoms with Crippen LogP contribution in [0.15, 0.2) is 53.9 Å². The van der Waals surface area contributed by atoms with Gasteiger partial charge in [0.1, 0.15) is 28.0 Å². The van der Waals surface area contributed by atoms with Crippen LogP contribution in [0.3, 0.4) is 0 Å². The summed E-state index contributed by atoms with van der Waals surface area (Å²) in [5, 5.41) is 2.10. The van der Waals surface area contributed by atoms with Crippen molar-refractivity contribution in [3.63, 3.8) is 0 Å². The van der Waals surface area contributed by atoms with Gasteiger partial charge in [-0.25, -0.2) is 17.7 Å². The fourth-order valence-electron chi connectivity index (χ4n) is 3.73. The first-order valence-electron chi connectivity index (χ1n) is 12.0. The third-order valence-electron chi connectivity index (χ3n) is 5.96. The third-order valence-corrected chi connectivity index (χ3v) is 8.53. The van der Waals surface area contributed by atoms with Crippen LogP contribution in [-0.2, 0) is 34.2 Å². The maximum atomic E-state index is 13.4. The van der Waals surface area contributed by atoms with Crippen LogP contribution in [-0.4, -0.2) is 74.9 Å². The minimum Gasteiger partial charge on any atom is -0.497 e. The quantitative estimate of drug-likeness (QED) is 0.279. The summed E-state index contributed by atoms with van der Waals surface area (Å²) in [6.45, 7) is 0.703. The maximum Gasteiger partial charge on any atom is 0.227 e. The van der Waals surface area contributed by atoms with Crippen molar-refractivity contribution in [2.75, 3.05) is 40.6 Å². The van der Waals surface area contributed by atoms with Crippen molar-refractivity contribution < 1.29 is 27.5 Å². The Kier molecular flexibility index (Phi) is 10.4. The molecule has 204 valence electrons. The highest BCUT2D eigenvalue weighted by Crippen LogP contribution is 2.26. The highest BCUT2D eigenvalue weighted by atomic mass is 32.2. The van der Waals surface area contributed by atoms with Gasteiger partial charge in [0.15, 0.2) is 5.78 Å². The van der Waals surface area contributed by atoms with E-state index in [4.69, 9.17) is 9.47 Å². The topological polar surface area (TPSA) is 106 Å². The van der Waals surface area contributed by atoms with Gasteiger partial charge in [0.25, 0.3) is 0 Å². The van der Waals surface area contributed by atoms with Crippen molar-refractivity contribution in [3.05, 3.63) is 75.7 Å². The van der Waals surface area contributed by atoms with Gasteiger partial charge in [0.05, 0.1) is 27.2 Å². The Morgan fingerprint density at radius 1 is 1.03 bits per heavy atom. The molecule has 0 N–H and O–H groups in total. The smallest absolute Gasteiger partial charge is 0.227 e. The Morgan fingerprint density at radius 3 is 2.42 bits per heavy atom. The number of ketones is 1. The predicted octanol–water partition coefficient (Wildman–Crippen LogP) is 3.44. The highest BCUT2D eigenvalue weighted by molar-refractivity contribution is 7.89. The van der Waals surface area contributed by atoms with Gasteiger partial charge in [-0.05, 0) is 24.5 Å². The van der Waals surface area contributed by atoms with Gasteiger partial charge in [-0.2, -0.15) is 0 Å². The zero-order chi connectivity index (χ0) is 27.7. The van der Waals surface area contributed by atoms with Crippen LogP contribution in [0.5, 0.6) is 11.5 Å². The Balaban J connectivity index is 1.75. The number of aromatic nitrogens is 1. The monoisotopic (exact) mass is 559 g/mol. The molecular formula is C27H33N3O6S2. The zero-order valence-corrected chi connectivity index (χ0v) is 23.7. The second kappa shape index (κ2) is 13.5. The molecule has 0 bridgehead atoms. The average Bonchev–Trinajstić information content (AvgIpc) is 3.37. The first-order chi connectivity index (χ1) is 18.1. The molecule has 0 unspecified atom stereocenters. The summed E-state index contributed by atoms with van der Waals surface area (Å²) in [7, 11) is 2.18. The van der Waals surface area contributed by atoms with Crippen molar-refractivity contribution in [2.24, 2.45) is 0 Å². The lowest BCUT2D eigenvalue weighted by Gasteiger charge is -2.22. The van der Waals surface area contributed by atoms with Crippen LogP contribution in [0.25, 0.3) is 0 Å². The first-order valence-corrected chi connectivity index (χ1v) is 14.5. The number of rotatable bonds is 14. The number of methoxy groups -OCH3 is 2. The third kappa shape index (κ3) is 8.11. The number of aryl methyl sites for hydroxylation is 1. The molecule has 1 aromatic heterocycles. The number of benzene rings is 2. The summed E-state index contributed by atoms with van der Waals surface area (Å²) in [5.74, 6) is -0.147. The van der Waals surface area contributed by atoms with E-state index < -0.39 is 21.6 Å². The predicted molar refractivity (Wildman–Crippen MR) is 147 cm³/mol. The fourth-order valence-corrected chi connectivity index (χ4v) is 5.28. The summed E-state index contributed by atoms with van der Waals surface area (Å²) >= 11 is 1.23. The summed E-state index contributed by atoms with van der Waals surface area (Å²) in [6, 6.07) is 15.4. The molecule has 1 heterocycles. The van der Waals surface area contributed by atoms with Crippen LogP contribution in [0.1, 0.15) is 33.0 Å². The number of amides is 1. The number of thiazole rings is 1. The number of hydrogen-bond donors (Lipinski definition) is 0. The van der Waals surface area contributed by atoms with E-state index in [0.717, 1.165) is 22.7 Å². The van der Waals surface area contributed by atoms with E-state index in [-0.39, 0.29) is 24.6 Å². The molecule has 0 saturated heterocycles. The Labute approximate surface area is 228 Å². The lowest BCUT2D eigenvalue weighted by Crippen LogP contribution is -2.33. The lowest BCUT2D eigenvalue weighted by molar-refractivity contribution is -0.131. The molecule has 0 aliphatic rings. The summed E-state index contributed by atoms with van der Waals surface area (Å²) in [6.07, 6.45) is 1.67. The van der Waals surface area contributed by atoms with E-state index in [1.165, 1.54) is 31.0 Å². The molecule has 3 rings (SSSR count). The van der Waals surface area contributed by atoms with Crippen molar-refractivity contribution in [1.29, 1.82) is 0 Å². The number of carbonyl (C=O) groups excluding carboxylic acids is 2. The Bertz CT molecular complexity index is 1340. The molecule has 1 amide bonds. The van der Waals surface area contributed by atoms with E-state index >= 15 is 0 Å². The van der Waals surface area contributed by atoms with Crippen LogP contribution >= 0.6 is 11.3 Å². The minimum atomic E-state index is -3.69. The van der Waals surface area contributed by atoms with Crippen LogP contribution in [0.2, 0.25) is 0 Å². The number of ether oxygens (including phenoxy) is 2. The van der Waals surface area contributed by atoms with Crippen molar-refractivity contribution >= 4 is 33.1 Å². The number of Topliss-reactive ketones (excluding diaryl/α,β-unsaturated/α-hetero) is 1. The molecular weight excluding hydrogens is 526 g/mol. The zero-order valence-electron chi connectivity index (χ0n) is 22.0. The number of carbonyl (C=O) groups is 2. The first kappa shape index (κ1) is 29.3.